The van der Waals surface area contributed by atoms with Crippen molar-refractivity contribution in [3.8, 4) is 0 Å². The Hall–Kier alpha value is -0.0400. The molecular formula is C12H25N. The molecule has 0 aromatic carbocycles. The minimum absolute atomic E-state index is 0.791. The zero-order chi connectivity index (χ0) is 9.68. The molecule has 0 amide bonds. The van der Waals surface area contributed by atoms with Crippen LogP contribution in [0, 0.1) is 11.8 Å². The summed E-state index contributed by atoms with van der Waals surface area (Å²) in [6.45, 7) is 8.11. The van der Waals surface area contributed by atoms with E-state index in [-0.39, 0.29) is 0 Å². The largest absolute Gasteiger partial charge is 0.313 e. The maximum Gasteiger partial charge on any atom is 0.00953 e. The van der Waals surface area contributed by atoms with Crippen LogP contribution in [0.1, 0.15) is 52.9 Å². The molecular weight excluding hydrogens is 158 g/mol. The summed E-state index contributed by atoms with van der Waals surface area (Å²) in [7, 11) is 0. The van der Waals surface area contributed by atoms with E-state index in [0.29, 0.717) is 0 Å². The highest BCUT2D eigenvalue weighted by atomic mass is 14.9. The Labute approximate surface area is 83.3 Å². The van der Waals surface area contributed by atoms with Crippen LogP contribution in [-0.4, -0.2) is 12.6 Å². The van der Waals surface area contributed by atoms with Crippen LogP contribution in [0.3, 0.4) is 0 Å². The first-order valence-corrected chi connectivity index (χ1v) is 5.97. The lowest BCUT2D eigenvalue weighted by atomic mass is 9.83. The van der Waals surface area contributed by atoms with Gasteiger partial charge in [0.1, 0.15) is 0 Å². The second kappa shape index (κ2) is 5.64. The van der Waals surface area contributed by atoms with Crippen molar-refractivity contribution < 1.29 is 0 Å². The van der Waals surface area contributed by atoms with E-state index >= 15 is 0 Å². The van der Waals surface area contributed by atoms with Gasteiger partial charge in [-0.05, 0) is 31.2 Å². The lowest BCUT2D eigenvalue weighted by Gasteiger charge is -2.32. The van der Waals surface area contributed by atoms with Crippen molar-refractivity contribution in [1.29, 1.82) is 0 Å². The van der Waals surface area contributed by atoms with Gasteiger partial charge in [0.05, 0.1) is 0 Å². The van der Waals surface area contributed by atoms with E-state index in [4.69, 9.17) is 0 Å². The zero-order valence-corrected chi connectivity index (χ0v) is 9.47. The Morgan fingerprint density at radius 2 is 1.92 bits per heavy atom. The summed E-state index contributed by atoms with van der Waals surface area (Å²) < 4.78 is 0. The number of rotatable bonds is 4. The average molecular weight is 183 g/mol. The quantitative estimate of drug-likeness (QED) is 0.706. The van der Waals surface area contributed by atoms with Crippen molar-refractivity contribution in [2.45, 2.75) is 58.9 Å². The maximum absolute atomic E-state index is 3.72. The van der Waals surface area contributed by atoms with E-state index in [1.54, 1.807) is 0 Å². The SMILES string of the molecule is CCC1CCCCC1NCC(C)C. The highest BCUT2D eigenvalue weighted by Crippen LogP contribution is 2.26. The first kappa shape index (κ1) is 11.0. The van der Waals surface area contributed by atoms with Gasteiger partial charge >= 0.3 is 0 Å². The van der Waals surface area contributed by atoms with Crippen molar-refractivity contribution in [3.63, 3.8) is 0 Å². The molecule has 1 saturated carbocycles. The molecule has 2 unspecified atom stereocenters. The Morgan fingerprint density at radius 3 is 2.54 bits per heavy atom. The molecule has 0 radical (unpaired) electrons. The van der Waals surface area contributed by atoms with Crippen molar-refractivity contribution in [1.82, 2.24) is 5.32 Å². The molecule has 1 nitrogen and oxygen atoms in total. The Morgan fingerprint density at radius 1 is 1.23 bits per heavy atom. The molecule has 0 heterocycles. The summed E-state index contributed by atoms with van der Waals surface area (Å²) in [6.07, 6.45) is 7.11. The van der Waals surface area contributed by atoms with Crippen LogP contribution in [-0.2, 0) is 0 Å². The van der Waals surface area contributed by atoms with Crippen molar-refractivity contribution in [3.05, 3.63) is 0 Å². The molecule has 0 saturated heterocycles. The summed E-state index contributed by atoms with van der Waals surface area (Å²) in [6, 6.07) is 0.821. The molecule has 1 fully saturated rings. The van der Waals surface area contributed by atoms with Gasteiger partial charge in [0.15, 0.2) is 0 Å². The fourth-order valence-corrected chi connectivity index (χ4v) is 2.35. The third-order valence-corrected chi connectivity index (χ3v) is 3.22. The van der Waals surface area contributed by atoms with Gasteiger partial charge in [-0.1, -0.05) is 40.0 Å². The van der Waals surface area contributed by atoms with Crippen molar-refractivity contribution in [2.75, 3.05) is 6.54 Å². The van der Waals surface area contributed by atoms with Crippen LogP contribution in [0.4, 0.5) is 0 Å². The maximum atomic E-state index is 3.72. The molecule has 0 bridgehead atoms. The normalized spacial score (nSPS) is 29.5. The molecule has 2 atom stereocenters. The predicted molar refractivity (Wildman–Crippen MR) is 58.9 cm³/mol. The molecule has 1 aliphatic carbocycles. The molecule has 0 aromatic heterocycles. The molecule has 1 rings (SSSR count). The summed E-state index contributed by atoms with van der Waals surface area (Å²) in [5.74, 6) is 1.74. The first-order chi connectivity index (χ1) is 6.24. The van der Waals surface area contributed by atoms with E-state index in [2.05, 4.69) is 26.1 Å². The predicted octanol–water partition coefficient (Wildman–Crippen LogP) is 3.20. The fraction of sp³-hybridized carbons (Fsp3) is 1.00. The van der Waals surface area contributed by atoms with Crippen LogP contribution >= 0.6 is 0 Å². The molecule has 0 aliphatic heterocycles. The van der Waals surface area contributed by atoms with E-state index in [9.17, 15) is 0 Å². The number of nitrogens with one attached hydrogen (secondary N) is 1. The highest BCUT2D eigenvalue weighted by Gasteiger charge is 2.22. The van der Waals surface area contributed by atoms with Crippen molar-refractivity contribution in [2.24, 2.45) is 11.8 Å². The van der Waals surface area contributed by atoms with Crippen LogP contribution < -0.4 is 5.32 Å². The summed E-state index contributed by atoms with van der Waals surface area (Å²) in [4.78, 5) is 0. The first-order valence-electron chi connectivity index (χ1n) is 5.97. The van der Waals surface area contributed by atoms with E-state index in [1.165, 1.54) is 38.6 Å². The molecule has 0 spiro atoms. The summed E-state index contributed by atoms with van der Waals surface area (Å²) in [5, 5.41) is 3.72. The number of hydrogen-bond donors (Lipinski definition) is 1. The van der Waals surface area contributed by atoms with E-state index < -0.39 is 0 Å². The van der Waals surface area contributed by atoms with Gasteiger partial charge in [0.2, 0.25) is 0 Å². The second-order valence-electron chi connectivity index (χ2n) is 4.86. The Bertz CT molecular complexity index is 131. The van der Waals surface area contributed by atoms with Crippen molar-refractivity contribution >= 4 is 0 Å². The summed E-state index contributed by atoms with van der Waals surface area (Å²) >= 11 is 0. The van der Waals surface area contributed by atoms with E-state index in [0.717, 1.165) is 17.9 Å². The van der Waals surface area contributed by atoms with Crippen LogP contribution in [0.5, 0.6) is 0 Å². The molecule has 0 aromatic rings. The summed E-state index contributed by atoms with van der Waals surface area (Å²) in [5.41, 5.74) is 0. The topological polar surface area (TPSA) is 12.0 Å². The van der Waals surface area contributed by atoms with Crippen LogP contribution in [0.15, 0.2) is 0 Å². The van der Waals surface area contributed by atoms with Crippen LogP contribution in [0.25, 0.3) is 0 Å². The molecule has 1 N–H and O–H groups in total. The lowest BCUT2D eigenvalue weighted by Crippen LogP contribution is -2.40. The molecule has 78 valence electrons. The van der Waals surface area contributed by atoms with Gasteiger partial charge in [-0.25, -0.2) is 0 Å². The second-order valence-corrected chi connectivity index (χ2v) is 4.86. The van der Waals surface area contributed by atoms with E-state index in [1.807, 2.05) is 0 Å². The molecule has 1 heteroatoms. The van der Waals surface area contributed by atoms with Gasteiger partial charge < -0.3 is 5.32 Å². The smallest absolute Gasteiger partial charge is 0.00953 e. The molecule has 1 aliphatic rings. The number of hydrogen-bond acceptors (Lipinski definition) is 1. The third kappa shape index (κ3) is 3.68. The third-order valence-electron chi connectivity index (χ3n) is 3.22. The minimum atomic E-state index is 0.791. The standard InChI is InChI=1S/C12H25N/c1-4-11-7-5-6-8-12(11)13-9-10(2)3/h10-13H,4-9H2,1-3H3. The monoisotopic (exact) mass is 183 g/mol. The fourth-order valence-electron chi connectivity index (χ4n) is 2.35. The van der Waals surface area contributed by atoms with Gasteiger partial charge in [-0.15, -0.1) is 0 Å². The van der Waals surface area contributed by atoms with Gasteiger partial charge in [0.25, 0.3) is 0 Å². The zero-order valence-electron chi connectivity index (χ0n) is 9.47. The van der Waals surface area contributed by atoms with Gasteiger partial charge in [-0.3, -0.25) is 0 Å². The van der Waals surface area contributed by atoms with Crippen LogP contribution in [0.2, 0.25) is 0 Å². The van der Waals surface area contributed by atoms with Gasteiger partial charge in [0, 0.05) is 6.04 Å². The Balaban J connectivity index is 2.27. The average Bonchev–Trinajstić information content (AvgIpc) is 2.15. The molecule has 13 heavy (non-hydrogen) atoms. The lowest BCUT2D eigenvalue weighted by molar-refractivity contribution is 0.249. The Kier molecular flexibility index (Phi) is 4.79. The highest BCUT2D eigenvalue weighted by molar-refractivity contribution is 4.80. The van der Waals surface area contributed by atoms with Gasteiger partial charge in [-0.2, -0.15) is 0 Å². The minimum Gasteiger partial charge on any atom is -0.313 e.